The number of benzene rings is 2. The van der Waals surface area contributed by atoms with E-state index in [0.29, 0.717) is 13.1 Å². The summed E-state index contributed by atoms with van der Waals surface area (Å²) in [7, 11) is 0. The molecule has 0 aromatic heterocycles. The largest absolute Gasteiger partial charge is 0.369 e. The van der Waals surface area contributed by atoms with Gasteiger partial charge in [0.05, 0.1) is 0 Å². The van der Waals surface area contributed by atoms with Crippen LogP contribution in [-0.2, 0) is 16.1 Å². The first-order chi connectivity index (χ1) is 13.6. The number of piperazine rings is 1. The summed E-state index contributed by atoms with van der Waals surface area (Å²) in [6, 6.07) is 18.3. The monoisotopic (exact) mass is 380 g/mol. The Bertz CT molecular complexity index is 769. The molecule has 3 rings (SSSR count). The fourth-order valence-corrected chi connectivity index (χ4v) is 3.24. The normalized spacial score (nSPS) is 14.5. The average Bonchev–Trinajstić information content (AvgIpc) is 2.74. The molecule has 0 spiro atoms. The van der Waals surface area contributed by atoms with Crippen molar-refractivity contribution in [1.82, 2.24) is 15.5 Å². The van der Waals surface area contributed by atoms with Crippen molar-refractivity contribution in [1.29, 1.82) is 0 Å². The minimum Gasteiger partial charge on any atom is -0.369 e. The molecule has 1 aliphatic heterocycles. The Kier molecular flexibility index (Phi) is 7.03. The lowest BCUT2D eigenvalue weighted by Gasteiger charge is -2.36. The number of nitrogens with zero attached hydrogens (tertiary/aromatic N) is 2. The van der Waals surface area contributed by atoms with E-state index in [9.17, 15) is 9.59 Å². The molecule has 1 aliphatic rings. The molecule has 0 bridgehead atoms. The molecule has 2 aromatic carbocycles. The highest BCUT2D eigenvalue weighted by molar-refractivity contribution is 6.35. The van der Waals surface area contributed by atoms with Crippen LogP contribution in [0.1, 0.15) is 11.1 Å². The molecule has 0 aliphatic carbocycles. The van der Waals surface area contributed by atoms with E-state index < -0.39 is 11.8 Å². The van der Waals surface area contributed by atoms with E-state index in [4.69, 9.17) is 0 Å². The SMILES string of the molecule is Cc1ccc(CNC(=O)C(=O)NCCN2CCN(c3ccccc3)CC2)cc1. The number of carbonyl (C=O) groups is 2. The number of carbonyl (C=O) groups excluding carboxylic acids is 2. The number of anilines is 1. The van der Waals surface area contributed by atoms with Crippen molar-refractivity contribution in [3.8, 4) is 0 Å². The van der Waals surface area contributed by atoms with Gasteiger partial charge in [0.15, 0.2) is 0 Å². The number of aryl methyl sites for hydroxylation is 1. The summed E-state index contributed by atoms with van der Waals surface area (Å²) in [5.41, 5.74) is 3.39. The van der Waals surface area contributed by atoms with Gasteiger partial charge in [0.25, 0.3) is 0 Å². The maximum Gasteiger partial charge on any atom is 0.309 e. The van der Waals surface area contributed by atoms with Gasteiger partial charge in [-0.25, -0.2) is 0 Å². The summed E-state index contributed by atoms with van der Waals surface area (Å²) >= 11 is 0. The highest BCUT2D eigenvalue weighted by Gasteiger charge is 2.18. The van der Waals surface area contributed by atoms with E-state index in [1.807, 2.05) is 37.3 Å². The van der Waals surface area contributed by atoms with E-state index in [2.05, 4.69) is 44.7 Å². The molecule has 0 radical (unpaired) electrons. The van der Waals surface area contributed by atoms with Crippen molar-refractivity contribution in [2.24, 2.45) is 0 Å². The second-order valence-electron chi connectivity index (χ2n) is 7.09. The minimum absolute atomic E-state index is 0.355. The lowest BCUT2D eigenvalue weighted by Crippen LogP contribution is -2.49. The molecule has 2 N–H and O–H groups in total. The lowest BCUT2D eigenvalue weighted by atomic mass is 10.1. The van der Waals surface area contributed by atoms with Gasteiger partial charge in [0.2, 0.25) is 0 Å². The van der Waals surface area contributed by atoms with Crippen LogP contribution in [0.25, 0.3) is 0 Å². The quantitative estimate of drug-likeness (QED) is 0.747. The van der Waals surface area contributed by atoms with Crippen LogP contribution < -0.4 is 15.5 Å². The van der Waals surface area contributed by atoms with Crippen LogP contribution in [0, 0.1) is 6.92 Å². The van der Waals surface area contributed by atoms with Gasteiger partial charge in [0, 0.05) is 51.5 Å². The summed E-state index contributed by atoms with van der Waals surface area (Å²) in [5, 5.41) is 5.37. The molecule has 2 amide bonds. The molecular formula is C22H28N4O2. The summed E-state index contributed by atoms with van der Waals surface area (Å²) in [4.78, 5) is 28.5. The van der Waals surface area contributed by atoms with Crippen LogP contribution in [0.4, 0.5) is 5.69 Å². The molecule has 0 saturated carbocycles. The van der Waals surface area contributed by atoms with E-state index >= 15 is 0 Å². The molecule has 1 heterocycles. The maximum absolute atomic E-state index is 11.9. The molecule has 2 aromatic rings. The van der Waals surface area contributed by atoms with Crippen molar-refractivity contribution < 1.29 is 9.59 Å². The van der Waals surface area contributed by atoms with Crippen LogP contribution >= 0.6 is 0 Å². The van der Waals surface area contributed by atoms with Gasteiger partial charge in [-0.05, 0) is 24.6 Å². The minimum atomic E-state index is -0.588. The van der Waals surface area contributed by atoms with E-state index in [1.165, 1.54) is 5.69 Å². The smallest absolute Gasteiger partial charge is 0.309 e. The first-order valence-corrected chi connectivity index (χ1v) is 9.76. The third kappa shape index (κ3) is 5.82. The number of hydrogen-bond donors (Lipinski definition) is 2. The Hall–Kier alpha value is -2.86. The number of nitrogens with one attached hydrogen (secondary N) is 2. The summed E-state index contributed by atoms with van der Waals surface area (Å²) in [5.74, 6) is -1.16. The average molecular weight is 380 g/mol. The Morgan fingerprint density at radius 2 is 1.50 bits per heavy atom. The number of amides is 2. The summed E-state index contributed by atoms with van der Waals surface area (Å²) in [6.45, 7) is 7.42. The second-order valence-corrected chi connectivity index (χ2v) is 7.09. The molecule has 6 nitrogen and oxygen atoms in total. The van der Waals surface area contributed by atoms with Gasteiger partial charge in [-0.1, -0.05) is 48.0 Å². The highest BCUT2D eigenvalue weighted by atomic mass is 16.2. The van der Waals surface area contributed by atoms with Crippen molar-refractivity contribution in [3.05, 3.63) is 65.7 Å². The molecule has 1 fully saturated rings. The molecule has 0 unspecified atom stereocenters. The van der Waals surface area contributed by atoms with Crippen molar-refractivity contribution >= 4 is 17.5 Å². The maximum atomic E-state index is 11.9. The van der Waals surface area contributed by atoms with Crippen LogP contribution in [0.3, 0.4) is 0 Å². The Morgan fingerprint density at radius 3 is 2.18 bits per heavy atom. The van der Waals surface area contributed by atoms with Gasteiger partial charge in [-0.15, -0.1) is 0 Å². The van der Waals surface area contributed by atoms with Gasteiger partial charge in [-0.2, -0.15) is 0 Å². The number of para-hydroxylation sites is 1. The lowest BCUT2D eigenvalue weighted by molar-refractivity contribution is -0.139. The van der Waals surface area contributed by atoms with Crippen LogP contribution in [-0.4, -0.2) is 56.0 Å². The highest BCUT2D eigenvalue weighted by Crippen LogP contribution is 2.15. The first-order valence-electron chi connectivity index (χ1n) is 9.76. The molecule has 0 atom stereocenters. The Morgan fingerprint density at radius 1 is 0.857 bits per heavy atom. The van der Waals surface area contributed by atoms with Crippen LogP contribution in [0.5, 0.6) is 0 Å². The van der Waals surface area contributed by atoms with Crippen molar-refractivity contribution in [2.45, 2.75) is 13.5 Å². The zero-order valence-electron chi connectivity index (χ0n) is 16.4. The van der Waals surface area contributed by atoms with E-state index in [0.717, 1.165) is 43.9 Å². The van der Waals surface area contributed by atoms with E-state index in [1.54, 1.807) is 0 Å². The van der Waals surface area contributed by atoms with Gasteiger partial charge < -0.3 is 15.5 Å². The molecule has 28 heavy (non-hydrogen) atoms. The predicted molar refractivity (Wildman–Crippen MR) is 111 cm³/mol. The molecule has 1 saturated heterocycles. The van der Waals surface area contributed by atoms with Crippen molar-refractivity contribution in [3.63, 3.8) is 0 Å². The van der Waals surface area contributed by atoms with E-state index in [-0.39, 0.29) is 0 Å². The van der Waals surface area contributed by atoms with Gasteiger partial charge in [-0.3, -0.25) is 14.5 Å². The summed E-state index contributed by atoms with van der Waals surface area (Å²) < 4.78 is 0. The zero-order valence-corrected chi connectivity index (χ0v) is 16.4. The molecule has 148 valence electrons. The van der Waals surface area contributed by atoms with Gasteiger partial charge >= 0.3 is 11.8 Å². The van der Waals surface area contributed by atoms with Crippen LogP contribution in [0.15, 0.2) is 54.6 Å². The summed E-state index contributed by atoms with van der Waals surface area (Å²) in [6.07, 6.45) is 0. The van der Waals surface area contributed by atoms with Gasteiger partial charge in [0.1, 0.15) is 0 Å². The fraction of sp³-hybridized carbons (Fsp3) is 0.364. The second kappa shape index (κ2) is 9.90. The number of hydrogen-bond acceptors (Lipinski definition) is 4. The first kappa shape index (κ1) is 19.9. The van der Waals surface area contributed by atoms with Crippen molar-refractivity contribution in [2.75, 3.05) is 44.2 Å². The third-order valence-electron chi connectivity index (χ3n) is 4.99. The van der Waals surface area contributed by atoms with Crippen LogP contribution in [0.2, 0.25) is 0 Å². The topological polar surface area (TPSA) is 64.7 Å². The Balaban J connectivity index is 1.32. The number of rotatable bonds is 6. The predicted octanol–water partition coefficient (Wildman–Crippen LogP) is 1.55. The zero-order chi connectivity index (χ0) is 19.8. The third-order valence-corrected chi connectivity index (χ3v) is 4.99. The molecule has 6 heteroatoms. The Labute approximate surface area is 166 Å². The molecular weight excluding hydrogens is 352 g/mol. The standard InChI is InChI=1S/C22H28N4O2/c1-18-7-9-19(10-8-18)17-24-22(28)21(27)23-11-12-25-13-15-26(16-14-25)20-5-3-2-4-6-20/h2-10H,11-17H2,1H3,(H,23,27)(H,24,28). The fourth-order valence-electron chi connectivity index (χ4n) is 3.24.